The van der Waals surface area contributed by atoms with Crippen molar-refractivity contribution < 1.29 is 22.3 Å². The van der Waals surface area contributed by atoms with Crippen molar-refractivity contribution in [3.63, 3.8) is 0 Å². The molecule has 1 aromatic rings. The highest BCUT2D eigenvalue weighted by Gasteiger charge is 2.44. The van der Waals surface area contributed by atoms with Gasteiger partial charge in [-0.25, -0.2) is 0 Å². The van der Waals surface area contributed by atoms with E-state index in [1.54, 1.807) is 6.07 Å². The molecule has 1 rings (SSSR count). The van der Waals surface area contributed by atoms with Crippen LogP contribution in [0, 0.1) is 0 Å². The van der Waals surface area contributed by atoms with E-state index in [9.17, 15) is 17.6 Å². The van der Waals surface area contributed by atoms with Crippen LogP contribution in [0.25, 0.3) is 0 Å². The summed E-state index contributed by atoms with van der Waals surface area (Å²) in [5.74, 6) is -0.317. The van der Waals surface area contributed by atoms with Gasteiger partial charge in [-0.05, 0) is 39.1 Å². The lowest BCUT2D eigenvalue weighted by atomic mass is 10.2. The van der Waals surface area contributed by atoms with Crippen LogP contribution in [-0.2, 0) is 0 Å². The maximum Gasteiger partial charge on any atom is 0.461 e. The molecule has 0 aliphatic heterocycles. The molecule has 0 radical (unpaired) electrons. The van der Waals surface area contributed by atoms with Crippen LogP contribution in [0.3, 0.4) is 0 Å². The number of allylic oxidation sites excluding steroid dienone is 1. The molecule has 0 unspecified atom stereocenters. The minimum absolute atomic E-state index is 0.0393. The molecule has 0 aliphatic rings. The van der Waals surface area contributed by atoms with Crippen molar-refractivity contribution in [1.82, 2.24) is 5.32 Å². The maximum atomic E-state index is 13.1. The summed E-state index contributed by atoms with van der Waals surface area (Å²) < 4.78 is 54.9. The van der Waals surface area contributed by atoms with E-state index in [1.165, 1.54) is 24.4 Å². The Balaban J connectivity index is 3.05. The number of ether oxygens (including phenoxy) is 1. The summed E-state index contributed by atoms with van der Waals surface area (Å²) in [6, 6.07) is 5.76. The fourth-order valence-corrected chi connectivity index (χ4v) is 2.03. The van der Waals surface area contributed by atoms with Crippen LogP contribution in [0.4, 0.5) is 23.2 Å². The Bertz CT molecular complexity index is 573. The van der Waals surface area contributed by atoms with Crippen LogP contribution in [0.15, 0.2) is 48.8 Å². The molecule has 0 bridgehead atoms. The second-order valence-electron chi connectivity index (χ2n) is 5.35. The summed E-state index contributed by atoms with van der Waals surface area (Å²) in [6.45, 7) is 9.79. The quantitative estimate of drug-likeness (QED) is 0.652. The van der Waals surface area contributed by atoms with Gasteiger partial charge in [0.15, 0.2) is 0 Å². The number of hydrogen-bond donors (Lipinski definition) is 1. The molecule has 134 valence electrons. The highest BCUT2D eigenvalue weighted by Crippen LogP contribution is 2.30. The lowest BCUT2D eigenvalue weighted by Gasteiger charge is -2.30. The first-order valence-corrected chi connectivity index (χ1v) is 7.45. The lowest BCUT2D eigenvalue weighted by Crippen LogP contribution is -2.35. The molecule has 1 N–H and O–H groups in total. The normalized spacial score (nSPS) is 12.5. The van der Waals surface area contributed by atoms with Crippen LogP contribution in [0.5, 0.6) is 5.75 Å². The molecule has 1 aromatic carbocycles. The average Bonchev–Trinajstić information content (AvgIpc) is 2.50. The highest BCUT2D eigenvalue weighted by atomic mass is 19.3. The van der Waals surface area contributed by atoms with E-state index in [2.05, 4.69) is 16.6 Å². The third-order valence-corrected chi connectivity index (χ3v) is 3.26. The fourth-order valence-electron chi connectivity index (χ4n) is 2.03. The monoisotopic (exact) mass is 346 g/mol. The summed E-state index contributed by atoms with van der Waals surface area (Å²) in [6.07, 6.45) is -5.02. The molecule has 0 heterocycles. The number of nitrogens with one attached hydrogen (secondary N) is 1. The Morgan fingerprint density at radius 1 is 1.38 bits per heavy atom. The third kappa shape index (κ3) is 5.47. The summed E-state index contributed by atoms with van der Waals surface area (Å²) in [5.41, 5.74) is 1.45. The van der Waals surface area contributed by atoms with Crippen LogP contribution >= 0.6 is 0 Å². The van der Waals surface area contributed by atoms with Gasteiger partial charge in [-0.1, -0.05) is 18.7 Å². The number of hydrogen-bond acceptors (Lipinski definition) is 3. The van der Waals surface area contributed by atoms with Crippen molar-refractivity contribution in [3.05, 3.63) is 48.8 Å². The summed E-state index contributed by atoms with van der Waals surface area (Å²) in [4.78, 5) is 1.92. The van der Waals surface area contributed by atoms with Gasteiger partial charge in [0.2, 0.25) is 0 Å². The zero-order chi connectivity index (χ0) is 18.3. The van der Waals surface area contributed by atoms with Gasteiger partial charge < -0.3 is 15.0 Å². The second kappa shape index (κ2) is 8.61. The highest BCUT2D eigenvalue weighted by molar-refractivity contribution is 5.52. The molecular weight excluding hydrogens is 324 g/mol. The SMILES string of the molecule is C=CN/C(=C\C)CN(c1cccc(OC(F)(F)C(F)F)c1)C(C)C. The first-order chi connectivity index (χ1) is 11.2. The van der Waals surface area contributed by atoms with Crippen LogP contribution < -0.4 is 15.0 Å². The molecule has 3 nitrogen and oxygen atoms in total. The zero-order valence-corrected chi connectivity index (χ0v) is 13.9. The largest absolute Gasteiger partial charge is 0.461 e. The number of rotatable bonds is 9. The predicted octanol–water partition coefficient (Wildman–Crippen LogP) is 4.78. The van der Waals surface area contributed by atoms with Crippen molar-refractivity contribution in [2.45, 2.75) is 39.3 Å². The molecule has 7 heteroatoms. The fraction of sp³-hybridized carbons (Fsp3) is 0.412. The number of benzene rings is 1. The third-order valence-electron chi connectivity index (χ3n) is 3.26. The van der Waals surface area contributed by atoms with Crippen molar-refractivity contribution in [2.24, 2.45) is 0 Å². The number of alkyl halides is 4. The molecule has 0 fully saturated rings. The smallest absolute Gasteiger partial charge is 0.428 e. The minimum Gasteiger partial charge on any atom is -0.428 e. The van der Waals surface area contributed by atoms with Crippen molar-refractivity contribution >= 4 is 5.69 Å². The summed E-state index contributed by atoms with van der Waals surface area (Å²) >= 11 is 0. The van der Waals surface area contributed by atoms with E-state index in [1.807, 2.05) is 31.7 Å². The molecule has 0 saturated heterocycles. The summed E-state index contributed by atoms with van der Waals surface area (Å²) in [7, 11) is 0. The van der Waals surface area contributed by atoms with E-state index < -0.39 is 12.5 Å². The van der Waals surface area contributed by atoms with Crippen molar-refractivity contribution in [3.8, 4) is 5.75 Å². The van der Waals surface area contributed by atoms with E-state index in [0.29, 0.717) is 12.2 Å². The van der Waals surface area contributed by atoms with E-state index >= 15 is 0 Å². The van der Waals surface area contributed by atoms with E-state index in [4.69, 9.17) is 0 Å². The van der Waals surface area contributed by atoms with E-state index in [0.717, 1.165) is 5.70 Å². The van der Waals surface area contributed by atoms with Gasteiger partial charge in [-0.3, -0.25) is 0 Å². The van der Waals surface area contributed by atoms with Gasteiger partial charge in [-0.2, -0.15) is 17.6 Å². The average molecular weight is 346 g/mol. The lowest BCUT2D eigenvalue weighted by molar-refractivity contribution is -0.253. The van der Waals surface area contributed by atoms with Crippen LogP contribution in [-0.4, -0.2) is 25.1 Å². The molecule has 0 atom stereocenters. The van der Waals surface area contributed by atoms with Gasteiger partial charge in [-0.15, -0.1) is 0 Å². The Morgan fingerprint density at radius 2 is 2.04 bits per heavy atom. The summed E-state index contributed by atoms with van der Waals surface area (Å²) in [5, 5.41) is 2.99. The van der Waals surface area contributed by atoms with Gasteiger partial charge >= 0.3 is 12.5 Å². The van der Waals surface area contributed by atoms with Crippen LogP contribution in [0.2, 0.25) is 0 Å². The van der Waals surface area contributed by atoms with E-state index in [-0.39, 0.29) is 11.8 Å². The van der Waals surface area contributed by atoms with Crippen molar-refractivity contribution in [2.75, 3.05) is 11.4 Å². The minimum atomic E-state index is -4.53. The van der Waals surface area contributed by atoms with Crippen LogP contribution in [0.1, 0.15) is 20.8 Å². The molecule has 0 amide bonds. The Hall–Kier alpha value is -2.18. The first-order valence-electron chi connectivity index (χ1n) is 7.45. The molecule has 0 saturated carbocycles. The van der Waals surface area contributed by atoms with Gasteiger partial charge in [0, 0.05) is 23.5 Å². The second-order valence-corrected chi connectivity index (χ2v) is 5.35. The topological polar surface area (TPSA) is 24.5 Å². The van der Waals surface area contributed by atoms with Gasteiger partial charge in [0.25, 0.3) is 0 Å². The molecule has 0 spiro atoms. The number of halogens is 4. The van der Waals surface area contributed by atoms with Gasteiger partial charge in [0.1, 0.15) is 5.75 Å². The molecular formula is C17H22F4N2O. The Kier molecular flexibility index (Phi) is 7.13. The number of nitrogens with zero attached hydrogens (tertiary/aromatic N) is 1. The first kappa shape index (κ1) is 19.9. The molecule has 0 aliphatic carbocycles. The zero-order valence-electron chi connectivity index (χ0n) is 13.9. The Labute approximate surface area is 139 Å². The maximum absolute atomic E-state index is 13.1. The van der Waals surface area contributed by atoms with Gasteiger partial charge in [0.05, 0.1) is 6.54 Å². The predicted molar refractivity (Wildman–Crippen MR) is 87.6 cm³/mol. The molecule has 0 aromatic heterocycles. The van der Waals surface area contributed by atoms with Crippen molar-refractivity contribution in [1.29, 1.82) is 0 Å². The molecule has 24 heavy (non-hydrogen) atoms. The number of anilines is 1. The Morgan fingerprint density at radius 3 is 2.54 bits per heavy atom. The standard InChI is InChI=1S/C17H22F4N2O/c1-5-13(22-6-2)11-23(12(3)4)14-8-7-9-15(10-14)24-17(20,21)16(18)19/h5-10,12,16,22H,2,11H2,1,3-4H3/b13-5-.